The van der Waals surface area contributed by atoms with E-state index in [4.69, 9.17) is 4.74 Å². The van der Waals surface area contributed by atoms with Gasteiger partial charge in [-0.2, -0.15) is 0 Å². The Balaban J connectivity index is 1.84. The van der Waals surface area contributed by atoms with E-state index in [-0.39, 0.29) is 12.1 Å². The van der Waals surface area contributed by atoms with Gasteiger partial charge in [0, 0.05) is 22.2 Å². The van der Waals surface area contributed by atoms with Crippen LogP contribution >= 0.6 is 15.9 Å². The number of hydrogen-bond donors (Lipinski definition) is 2. The van der Waals surface area contributed by atoms with Gasteiger partial charge in [-0.25, -0.2) is 4.79 Å². The Morgan fingerprint density at radius 3 is 2.59 bits per heavy atom. The Morgan fingerprint density at radius 2 is 1.95 bits per heavy atom. The second-order valence-corrected chi connectivity index (χ2v) is 7.84. The summed E-state index contributed by atoms with van der Waals surface area (Å²) in [6.45, 7) is 7.70. The Hall–Kier alpha value is -1.23. The lowest BCUT2D eigenvalue weighted by Gasteiger charge is -2.22. The zero-order chi connectivity index (χ0) is 16.3. The van der Waals surface area contributed by atoms with Gasteiger partial charge in [0.05, 0.1) is 0 Å². The summed E-state index contributed by atoms with van der Waals surface area (Å²) in [4.78, 5) is 11.8. The maximum Gasteiger partial charge on any atom is 0.407 e. The molecule has 1 aliphatic carbocycles. The second kappa shape index (κ2) is 6.90. The average Bonchev–Trinajstić information content (AvgIpc) is 2.77. The lowest BCUT2D eigenvalue weighted by Crippen LogP contribution is -2.38. The monoisotopic (exact) mass is 368 g/mol. The van der Waals surface area contributed by atoms with Gasteiger partial charge in [-0.1, -0.05) is 6.07 Å². The highest BCUT2D eigenvalue weighted by Crippen LogP contribution is 2.28. The lowest BCUT2D eigenvalue weighted by atomic mass is 10.2. The van der Waals surface area contributed by atoms with Crippen molar-refractivity contribution in [1.82, 2.24) is 5.32 Å². The van der Waals surface area contributed by atoms with Crippen LogP contribution in [0.5, 0.6) is 0 Å². The number of anilines is 1. The first-order valence-corrected chi connectivity index (χ1v) is 8.54. The maximum atomic E-state index is 11.8. The van der Waals surface area contributed by atoms with Gasteiger partial charge in [-0.3, -0.25) is 0 Å². The van der Waals surface area contributed by atoms with E-state index in [2.05, 4.69) is 51.7 Å². The smallest absolute Gasteiger partial charge is 0.407 e. The third kappa shape index (κ3) is 5.20. The fourth-order valence-corrected chi connectivity index (χ4v) is 3.28. The number of amides is 1. The van der Waals surface area contributed by atoms with Crippen LogP contribution in [0, 0.1) is 6.92 Å². The number of aryl methyl sites for hydroxylation is 1. The van der Waals surface area contributed by atoms with E-state index in [0.717, 1.165) is 29.4 Å². The van der Waals surface area contributed by atoms with Crippen molar-refractivity contribution in [3.8, 4) is 0 Å². The third-order valence-corrected chi connectivity index (χ3v) is 4.29. The van der Waals surface area contributed by atoms with Gasteiger partial charge in [0.2, 0.25) is 0 Å². The van der Waals surface area contributed by atoms with Gasteiger partial charge in [-0.15, -0.1) is 0 Å². The summed E-state index contributed by atoms with van der Waals surface area (Å²) in [6, 6.07) is 6.84. The first-order valence-electron chi connectivity index (χ1n) is 7.75. The Kier molecular flexibility index (Phi) is 5.37. The van der Waals surface area contributed by atoms with E-state index in [9.17, 15) is 4.79 Å². The number of nitrogens with one attached hydrogen (secondary N) is 2. The first-order chi connectivity index (χ1) is 10.2. The van der Waals surface area contributed by atoms with Gasteiger partial charge in [-0.05, 0) is 80.6 Å². The van der Waals surface area contributed by atoms with E-state index < -0.39 is 5.60 Å². The highest BCUT2D eigenvalue weighted by molar-refractivity contribution is 9.10. The summed E-state index contributed by atoms with van der Waals surface area (Å²) in [5.41, 5.74) is 1.88. The molecule has 22 heavy (non-hydrogen) atoms. The van der Waals surface area contributed by atoms with Crippen LogP contribution in [-0.2, 0) is 4.74 Å². The summed E-state index contributed by atoms with van der Waals surface area (Å²) >= 11 is 3.59. The summed E-state index contributed by atoms with van der Waals surface area (Å²) in [6.07, 6.45) is 2.61. The molecule has 0 saturated heterocycles. The summed E-state index contributed by atoms with van der Waals surface area (Å²) in [5.74, 6) is 0. The van der Waals surface area contributed by atoms with Gasteiger partial charge in [0.25, 0.3) is 0 Å². The van der Waals surface area contributed by atoms with Crippen LogP contribution in [0.25, 0.3) is 0 Å². The number of carbonyl (C=O) groups is 1. The molecule has 0 spiro atoms. The predicted molar refractivity (Wildman–Crippen MR) is 93.3 cm³/mol. The molecule has 2 rings (SSSR count). The molecule has 0 heterocycles. The molecule has 5 heteroatoms. The van der Waals surface area contributed by atoms with Crippen LogP contribution < -0.4 is 10.6 Å². The zero-order valence-corrected chi connectivity index (χ0v) is 15.3. The topological polar surface area (TPSA) is 50.4 Å². The highest BCUT2D eigenvalue weighted by Gasteiger charge is 2.27. The summed E-state index contributed by atoms with van der Waals surface area (Å²) in [5, 5.41) is 6.51. The molecule has 1 unspecified atom stereocenters. The van der Waals surface area contributed by atoms with Crippen LogP contribution in [0.2, 0.25) is 0 Å². The molecule has 0 aromatic heterocycles. The van der Waals surface area contributed by atoms with Gasteiger partial charge >= 0.3 is 6.09 Å². The molecule has 1 aromatic carbocycles. The fourth-order valence-electron chi connectivity index (χ4n) is 2.68. The van der Waals surface area contributed by atoms with Crippen molar-refractivity contribution in [1.29, 1.82) is 0 Å². The number of rotatable bonds is 3. The number of halogens is 1. The van der Waals surface area contributed by atoms with Crippen molar-refractivity contribution in [3.63, 3.8) is 0 Å². The Bertz CT molecular complexity index is 540. The molecule has 2 atom stereocenters. The Morgan fingerprint density at radius 1 is 1.27 bits per heavy atom. The molecule has 1 amide bonds. The molecule has 4 nitrogen and oxygen atoms in total. The largest absolute Gasteiger partial charge is 0.444 e. The van der Waals surface area contributed by atoms with E-state index in [0.29, 0.717) is 6.04 Å². The first kappa shape index (κ1) is 17.1. The van der Waals surface area contributed by atoms with E-state index in [1.807, 2.05) is 20.8 Å². The van der Waals surface area contributed by atoms with Crippen molar-refractivity contribution in [3.05, 3.63) is 28.2 Å². The van der Waals surface area contributed by atoms with E-state index in [1.54, 1.807) is 0 Å². The minimum absolute atomic E-state index is 0.177. The molecular formula is C17H25BrN2O2. The molecule has 0 radical (unpaired) electrons. The molecule has 1 aromatic rings. The van der Waals surface area contributed by atoms with E-state index in [1.165, 1.54) is 5.56 Å². The predicted octanol–water partition coefficient (Wildman–Crippen LogP) is 4.62. The highest BCUT2D eigenvalue weighted by atomic mass is 79.9. The molecule has 0 aliphatic heterocycles. The van der Waals surface area contributed by atoms with Crippen molar-refractivity contribution in [2.75, 3.05) is 5.32 Å². The number of ether oxygens (including phenoxy) is 1. The van der Waals surface area contributed by atoms with Gasteiger partial charge in [0.1, 0.15) is 5.60 Å². The number of carbonyl (C=O) groups excluding carboxylic acids is 1. The number of benzene rings is 1. The van der Waals surface area contributed by atoms with Gasteiger partial charge < -0.3 is 15.4 Å². The standard InChI is InChI=1S/C17H25BrN2O2/c1-11-5-8-15(14(18)9-11)19-12-6-7-13(10-12)20-16(21)22-17(2,3)4/h5,8-9,12-13,19H,6-7,10H2,1-4H3,(H,20,21)/t12?,13-/m1/s1. The minimum atomic E-state index is -0.451. The minimum Gasteiger partial charge on any atom is -0.444 e. The SMILES string of the molecule is Cc1ccc(NC2CC[C@@H](NC(=O)OC(C)(C)C)C2)c(Br)c1. The molecule has 122 valence electrons. The molecule has 1 fully saturated rings. The Labute approximate surface area is 141 Å². The van der Waals surface area contributed by atoms with Crippen molar-refractivity contribution in [2.24, 2.45) is 0 Å². The van der Waals surface area contributed by atoms with Crippen LogP contribution in [0.4, 0.5) is 10.5 Å². The second-order valence-electron chi connectivity index (χ2n) is 6.98. The van der Waals surface area contributed by atoms with Crippen molar-refractivity contribution in [2.45, 2.75) is 64.6 Å². The number of alkyl carbamates (subject to hydrolysis) is 1. The fraction of sp³-hybridized carbons (Fsp3) is 0.588. The zero-order valence-electron chi connectivity index (χ0n) is 13.7. The molecule has 2 N–H and O–H groups in total. The van der Waals surface area contributed by atoms with Crippen molar-refractivity contribution < 1.29 is 9.53 Å². The van der Waals surface area contributed by atoms with Crippen LogP contribution in [0.1, 0.15) is 45.6 Å². The lowest BCUT2D eigenvalue weighted by molar-refractivity contribution is 0.0505. The van der Waals surface area contributed by atoms with Crippen molar-refractivity contribution >= 4 is 27.7 Å². The quantitative estimate of drug-likeness (QED) is 0.818. The van der Waals surface area contributed by atoms with Crippen LogP contribution in [0.15, 0.2) is 22.7 Å². The van der Waals surface area contributed by atoms with Crippen LogP contribution in [-0.4, -0.2) is 23.8 Å². The van der Waals surface area contributed by atoms with Gasteiger partial charge in [0.15, 0.2) is 0 Å². The van der Waals surface area contributed by atoms with Crippen LogP contribution in [0.3, 0.4) is 0 Å². The van der Waals surface area contributed by atoms with E-state index >= 15 is 0 Å². The number of hydrogen-bond acceptors (Lipinski definition) is 3. The molecule has 1 saturated carbocycles. The molecule has 1 aliphatic rings. The average molecular weight is 369 g/mol. The molecular weight excluding hydrogens is 344 g/mol. The normalized spacial score (nSPS) is 21.5. The summed E-state index contributed by atoms with van der Waals surface area (Å²) < 4.78 is 6.39. The third-order valence-electron chi connectivity index (χ3n) is 3.64. The summed E-state index contributed by atoms with van der Waals surface area (Å²) in [7, 11) is 0. The molecule has 0 bridgehead atoms. The maximum absolute atomic E-state index is 11.8.